The molecule has 29 heavy (non-hydrogen) atoms. The number of piperidine rings is 1. The van der Waals surface area contributed by atoms with Gasteiger partial charge in [-0.15, -0.1) is 0 Å². The van der Waals surface area contributed by atoms with Crippen LogP contribution in [-0.2, 0) is 6.54 Å². The molecule has 1 amide bonds. The van der Waals surface area contributed by atoms with Gasteiger partial charge in [0, 0.05) is 25.7 Å². The Morgan fingerprint density at radius 2 is 1.62 bits per heavy atom. The van der Waals surface area contributed by atoms with Crippen molar-refractivity contribution in [1.29, 1.82) is 0 Å². The summed E-state index contributed by atoms with van der Waals surface area (Å²) in [6.45, 7) is 4.19. The SMILES string of the molecule is CN(CCC1CCN(Cc2ccccc2)CC1)C(=O)c1ccc2ccccc2c1. The number of nitrogens with zero attached hydrogens (tertiary/aromatic N) is 2. The van der Waals surface area contributed by atoms with Crippen LogP contribution in [0.4, 0.5) is 0 Å². The number of rotatable bonds is 6. The van der Waals surface area contributed by atoms with E-state index < -0.39 is 0 Å². The second kappa shape index (κ2) is 9.23. The van der Waals surface area contributed by atoms with Gasteiger partial charge in [0.2, 0.25) is 0 Å². The summed E-state index contributed by atoms with van der Waals surface area (Å²) in [4.78, 5) is 17.3. The van der Waals surface area contributed by atoms with Crippen molar-refractivity contribution < 1.29 is 4.79 Å². The lowest BCUT2D eigenvalue weighted by molar-refractivity contribution is 0.0777. The van der Waals surface area contributed by atoms with Crippen LogP contribution < -0.4 is 0 Å². The van der Waals surface area contributed by atoms with E-state index in [-0.39, 0.29) is 5.91 Å². The Morgan fingerprint density at radius 1 is 0.931 bits per heavy atom. The molecule has 0 aliphatic carbocycles. The number of benzene rings is 3. The minimum atomic E-state index is 0.122. The Morgan fingerprint density at radius 3 is 2.38 bits per heavy atom. The summed E-state index contributed by atoms with van der Waals surface area (Å²) >= 11 is 0. The minimum absolute atomic E-state index is 0.122. The van der Waals surface area contributed by atoms with Crippen LogP contribution in [-0.4, -0.2) is 42.4 Å². The van der Waals surface area contributed by atoms with E-state index in [0.29, 0.717) is 5.92 Å². The molecule has 0 spiro atoms. The summed E-state index contributed by atoms with van der Waals surface area (Å²) in [5.74, 6) is 0.839. The van der Waals surface area contributed by atoms with Crippen LogP contribution in [0.3, 0.4) is 0 Å². The van der Waals surface area contributed by atoms with Crippen LogP contribution >= 0.6 is 0 Å². The second-order valence-corrected chi connectivity index (χ2v) is 8.28. The molecule has 1 saturated heterocycles. The van der Waals surface area contributed by atoms with Crippen molar-refractivity contribution in [1.82, 2.24) is 9.80 Å². The van der Waals surface area contributed by atoms with Gasteiger partial charge in [0.15, 0.2) is 0 Å². The van der Waals surface area contributed by atoms with E-state index in [1.165, 1.54) is 23.8 Å². The molecule has 3 nitrogen and oxygen atoms in total. The molecule has 0 bridgehead atoms. The zero-order valence-electron chi connectivity index (χ0n) is 17.3. The van der Waals surface area contributed by atoms with Crippen molar-refractivity contribution in [3.63, 3.8) is 0 Å². The third-order valence-electron chi connectivity index (χ3n) is 6.17. The third-order valence-corrected chi connectivity index (χ3v) is 6.17. The fourth-order valence-electron chi connectivity index (χ4n) is 4.30. The summed E-state index contributed by atoms with van der Waals surface area (Å²) in [6, 6.07) is 24.9. The minimum Gasteiger partial charge on any atom is -0.342 e. The first-order chi connectivity index (χ1) is 14.2. The van der Waals surface area contributed by atoms with Gasteiger partial charge in [0.05, 0.1) is 0 Å². The number of hydrogen-bond acceptors (Lipinski definition) is 2. The highest BCUT2D eigenvalue weighted by Crippen LogP contribution is 2.23. The number of amides is 1. The first kappa shape index (κ1) is 19.7. The van der Waals surface area contributed by atoms with E-state index >= 15 is 0 Å². The van der Waals surface area contributed by atoms with E-state index in [4.69, 9.17) is 0 Å². The maximum absolute atomic E-state index is 12.8. The highest BCUT2D eigenvalue weighted by molar-refractivity contribution is 5.98. The van der Waals surface area contributed by atoms with E-state index in [9.17, 15) is 4.79 Å². The van der Waals surface area contributed by atoms with Crippen molar-refractivity contribution in [3.8, 4) is 0 Å². The number of hydrogen-bond donors (Lipinski definition) is 0. The highest BCUT2D eigenvalue weighted by atomic mass is 16.2. The van der Waals surface area contributed by atoms with Gasteiger partial charge in [0.1, 0.15) is 0 Å². The number of carbonyl (C=O) groups is 1. The third kappa shape index (κ3) is 5.04. The van der Waals surface area contributed by atoms with Gasteiger partial charge in [-0.05, 0) is 66.7 Å². The number of likely N-dealkylation sites (tertiary alicyclic amines) is 1. The van der Waals surface area contributed by atoms with Crippen LogP contribution in [0.1, 0.15) is 35.2 Å². The highest BCUT2D eigenvalue weighted by Gasteiger charge is 2.20. The smallest absolute Gasteiger partial charge is 0.253 e. The van der Waals surface area contributed by atoms with Gasteiger partial charge in [-0.25, -0.2) is 0 Å². The molecule has 3 aromatic rings. The van der Waals surface area contributed by atoms with Gasteiger partial charge in [-0.3, -0.25) is 9.69 Å². The lowest BCUT2D eigenvalue weighted by Crippen LogP contribution is -2.35. The second-order valence-electron chi connectivity index (χ2n) is 8.28. The molecule has 150 valence electrons. The molecule has 0 atom stereocenters. The standard InChI is InChI=1S/C26H30N2O/c1-27(26(29)25-12-11-23-9-5-6-10-24(23)19-25)16-13-21-14-17-28(18-15-21)20-22-7-3-2-4-8-22/h2-12,19,21H,13-18,20H2,1H3. The molecule has 4 rings (SSSR count). The zero-order valence-corrected chi connectivity index (χ0v) is 17.3. The van der Waals surface area contributed by atoms with Gasteiger partial charge in [0.25, 0.3) is 5.91 Å². The van der Waals surface area contributed by atoms with Gasteiger partial charge < -0.3 is 4.90 Å². The first-order valence-corrected chi connectivity index (χ1v) is 10.7. The maximum Gasteiger partial charge on any atom is 0.253 e. The molecule has 1 fully saturated rings. The van der Waals surface area contributed by atoms with Crippen LogP contribution in [0.15, 0.2) is 72.8 Å². The van der Waals surface area contributed by atoms with Crippen molar-refractivity contribution in [3.05, 3.63) is 83.9 Å². The average molecular weight is 387 g/mol. The lowest BCUT2D eigenvalue weighted by atomic mass is 9.93. The predicted molar refractivity (Wildman–Crippen MR) is 120 cm³/mol. The van der Waals surface area contributed by atoms with Crippen molar-refractivity contribution in [2.75, 3.05) is 26.7 Å². The Bertz CT molecular complexity index is 945. The average Bonchev–Trinajstić information content (AvgIpc) is 2.78. The molecule has 1 aliphatic heterocycles. The summed E-state index contributed by atoms with van der Waals surface area (Å²) in [6.07, 6.45) is 3.55. The van der Waals surface area contributed by atoms with Gasteiger partial charge >= 0.3 is 0 Å². The molecule has 0 saturated carbocycles. The van der Waals surface area contributed by atoms with Crippen molar-refractivity contribution in [2.24, 2.45) is 5.92 Å². The molecule has 1 heterocycles. The number of fused-ring (bicyclic) bond motifs is 1. The molecule has 0 aromatic heterocycles. The van der Waals surface area contributed by atoms with E-state index in [2.05, 4.69) is 47.4 Å². The van der Waals surface area contributed by atoms with Gasteiger partial charge in [-0.1, -0.05) is 60.7 Å². The monoisotopic (exact) mass is 386 g/mol. The molecule has 1 aliphatic rings. The van der Waals surface area contributed by atoms with Crippen molar-refractivity contribution in [2.45, 2.75) is 25.8 Å². The Hall–Kier alpha value is -2.65. The first-order valence-electron chi connectivity index (χ1n) is 10.7. The fourth-order valence-corrected chi connectivity index (χ4v) is 4.30. The molecule has 0 unspecified atom stereocenters. The quantitative estimate of drug-likeness (QED) is 0.580. The fraction of sp³-hybridized carbons (Fsp3) is 0.346. The van der Waals surface area contributed by atoms with Crippen LogP contribution in [0.5, 0.6) is 0 Å². The van der Waals surface area contributed by atoms with E-state index in [1.807, 2.05) is 42.3 Å². The molecular weight excluding hydrogens is 356 g/mol. The Balaban J connectivity index is 1.25. The maximum atomic E-state index is 12.8. The van der Waals surface area contributed by atoms with Crippen LogP contribution in [0, 0.1) is 5.92 Å². The molecule has 0 N–H and O–H groups in total. The Labute approximate surface area is 173 Å². The topological polar surface area (TPSA) is 23.6 Å². The van der Waals surface area contributed by atoms with Crippen LogP contribution in [0.25, 0.3) is 10.8 Å². The molecular formula is C26H30N2O. The lowest BCUT2D eigenvalue weighted by Gasteiger charge is -2.32. The summed E-state index contributed by atoms with van der Waals surface area (Å²) in [7, 11) is 1.93. The summed E-state index contributed by atoms with van der Waals surface area (Å²) < 4.78 is 0. The Kier molecular flexibility index (Phi) is 6.26. The molecule has 3 aromatic carbocycles. The van der Waals surface area contributed by atoms with Crippen LogP contribution in [0.2, 0.25) is 0 Å². The summed E-state index contributed by atoms with van der Waals surface area (Å²) in [5.41, 5.74) is 2.18. The molecule has 0 radical (unpaired) electrons. The number of carbonyl (C=O) groups excluding carboxylic acids is 1. The van der Waals surface area contributed by atoms with E-state index in [1.54, 1.807) is 0 Å². The molecule has 3 heteroatoms. The predicted octanol–water partition coefficient (Wildman–Crippen LogP) is 5.21. The normalized spacial score (nSPS) is 15.5. The zero-order chi connectivity index (χ0) is 20.1. The van der Waals surface area contributed by atoms with Gasteiger partial charge in [-0.2, -0.15) is 0 Å². The van der Waals surface area contributed by atoms with E-state index in [0.717, 1.165) is 43.5 Å². The largest absolute Gasteiger partial charge is 0.342 e. The summed E-state index contributed by atoms with van der Waals surface area (Å²) in [5, 5.41) is 2.30. The van der Waals surface area contributed by atoms with Crippen molar-refractivity contribution >= 4 is 16.7 Å².